The van der Waals surface area contributed by atoms with Crippen molar-refractivity contribution in [2.24, 2.45) is 0 Å². The highest BCUT2D eigenvalue weighted by atomic mass is 15.1. The first-order valence-electron chi connectivity index (χ1n) is 7.40. The maximum atomic E-state index is 4.58. The van der Waals surface area contributed by atoms with Crippen LogP contribution in [-0.2, 0) is 13.0 Å². The first-order chi connectivity index (χ1) is 10.1. The molecular weight excluding hydrogens is 262 g/mol. The van der Waals surface area contributed by atoms with Crippen molar-refractivity contribution in [1.29, 1.82) is 0 Å². The molecule has 2 aromatic heterocycles. The van der Waals surface area contributed by atoms with Crippen LogP contribution in [0.1, 0.15) is 36.5 Å². The molecule has 0 bridgehead atoms. The summed E-state index contributed by atoms with van der Waals surface area (Å²) in [6, 6.07) is 4.10. The van der Waals surface area contributed by atoms with Crippen LogP contribution in [0.2, 0.25) is 0 Å². The minimum Gasteiger partial charge on any atom is -0.370 e. The molecule has 0 aliphatic rings. The average Bonchev–Trinajstić information content (AvgIpc) is 2.50. The number of aryl methyl sites for hydroxylation is 2. The molecule has 0 unspecified atom stereocenters. The van der Waals surface area contributed by atoms with Gasteiger partial charge >= 0.3 is 0 Å². The van der Waals surface area contributed by atoms with E-state index in [2.05, 4.69) is 45.5 Å². The molecular formula is C16H23N5. The average molecular weight is 285 g/mol. The van der Waals surface area contributed by atoms with Crippen LogP contribution in [0.25, 0.3) is 0 Å². The van der Waals surface area contributed by atoms with Crippen molar-refractivity contribution >= 4 is 11.6 Å². The summed E-state index contributed by atoms with van der Waals surface area (Å²) in [6.07, 6.45) is 2.71. The molecule has 112 valence electrons. The molecule has 2 rings (SSSR count). The fourth-order valence-electron chi connectivity index (χ4n) is 2.02. The molecule has 0 radical (unpaired) electrons. The molecule has 0 aromatic carbocycles. The quantitative estimate of drug-likeness (QED) is 0.854. The highest BCUT2D eigenvalue weighted by Gasteiger charge is 2.09. The first-order valence-corrected chi connectivity index (χ1v) is 7.40. The zero-order valence-corrected chi connectivity index (χ0v) is 13.2. The van der Waals surface area contributed by atoms with Gasteiger partial charge in [-0.15, -0.1) is 0 Å². The molecule has 0 aliphatic carbocycles. The van der Waals surface area contributed by atoms with Gasteiger partial charge in [0.05, 0.1) is 0 Å². The maximum Gasteiger partial charge on any atom is 0.135 e. The summed E-state index contributed by atoms with van der Waals surface area (Å²) in [6.45, 7) is 9.71. The molecule has 0 saturated heterocycles. The van der Waals surface area contributed by atoms with E-state index in [4.69, 9.17) is 0 Å². The topological polar surface area (TPSA) is 62.7 Å². The van der Waals surface area contributed by atoms with Crippen LogP contribution in [0.5, 0.6) is 0 Å². The number of aromatic nitrogens is 3. The summed E-state index contributed by atoms with van der Waals surface area (Å²) >= 11 is 0. The molecule has 0 fully saturated rings. The first kappa shape index (κ1) is 15.2. The van der Waals surface area contributed by atoms with Gasteiger partial charge in [-0.2, -0.15) is 0 Å². The second kappa shape index (κ2) is 7.02. The van der Waals surface area contributed by atoms with E-state index in [1.54, 1.807) is 0 Å². The molecule has 0 aliphatic heterocycles. The lowest BCUT2D eigenvalue weighted by atomic mass is 10.2. The van der Waals surface area contributed by atoms with Gasteiger partial charge in [0.2, 0.25) is 0 Å². The van der Waals surface area contributed by atoms with E-state index in [-0.39, 0.29) is 0 Å². The number of pyridine rings is 1. The molecule has 2 aromatic rings. The highest BCUT2D eigenvalue weighted by Crippen LogP contribution is 2.20. The Labute approximate surface area is 126 Å². The Kier molecular flexibility index (Phi) is 5.09. The Hall–Kier alpha value is -2.17. The number of anilines is 2. The molecule has 21 heavy (non-hydrogen) atoms. The zero-order valence-electron chi connectivity index (χ0n) is 13.2. The van der Waals surface area contributed by atoms with Gasteiger partial charge < -0.3 is 10.6 Å². The second-order valence-electron chi connectivity index (χ2n) is 5.01. The van der Waals surface area contributed by atoms with E-state index in [1.807, 2.05) is 26.1 Å². The molecule has 0 saturated carbocycles. The van der Waals surface area contributed by atoms with Gasteiger partial charge in [-0.05, 0) is 32.4 Å². The Bertz CT molecular complexity index is 592. The van der Waals surface area contributed by atoms with E-state index in [0.29, 0.717) is 6.54 Å². The fraction of sp³-hybridized carbons (Fsp3) is 0.438. The smallest absolute Gasteiger partial charge is 0.135 e. The molecule has 2 heterocycles. The van der Waals surface area contributed by atoms with Crippen molar-refractivity contribution in [3.63, 3.8) is 0 Å². The summed E-state index contributed by atoms with van der Waals surface area (Å²) in [4.78, 5) is 13.4. The lowest BCUT2D eigenvalue weighted by molar-refractivity contribution is 0.918. The van der Waals surface area contributed by atoms with Crippen LogP contribution in [0.3, 0.4) is 0 Å². The van der Waals surface area contributed by atoms with Crippen molar-refractivity contribution in [3.8, 4) is 0 Å². The van der Waals surface area contributed by atoms with Crippen molar-refractivity contribution in [3.05, 3.63) is 41.0 Å². The van der Waals surface area contributed by atoms with Crippen molar-refractivity contribution < 1.29 is 0 Å². The standard InChI is InChI=1S/C16H23N5/c1-5-14-20-15(17-6-2)12(4)16(21-14)19-10-13-8-7-11(3)18-9-13/h7-9H,5-6,10H2,1-4H3,(H2,17,19,20,21). The summed E-state index contributed by atoms with van der Waals surface area (Å²) < 4.78 is 0. The molecule has 2 N–H and O–H groups in total. The third-order valence-electron chi connectivity index (χ3n) is 3.29. The van der Waals surface area contributed by atoms with E-state index in [1.165, 1.54) is 0 Å². The van der Waals surface area contributed by atoms with Gasteiger partial charge in [-0.3, -0.25) is 4.98 Å². The lowest BCUT2D eigenvalue weighted by Crippen LogP contribution is -2.11. The highest BCUT2D eigenvalue weighted by molar-refractivity contribution is 5.57. The zero-order chi connectivity index (χ0) is 15.2. The van der Waals surface area contributed by atoms with Crippen LogP contribution in [0.15, 0.2) is 18.3 Å². The maximum absolute atomic E-state index is 4.58. The third kappa shape index (κ3) is 3.90. The van der Waals surface area contributed by atoms with Crippen LogP contribution in [-0.4, -0.2) is 21.5 Å². The SMILES string of the molecule is CCNc1nc(CC)nc(NCc2ccc(C)nc2)c1C. The second-order valence-corrected chi connectivity index (χ2v) is 5.01. The van der Waals surface area contributed by atoms with Crippen molar-refractivity contribution in [2.75, 3.05) is 17.2 Å². The predicted octanol–water partition coefficient (Wildman–Crippen LogP) is 3.09. The third-order valence-corrected chi connectivity index (χ3v) is 3.29. The van der Waals surface area contributed by atoms with Crippen LogP contribution in [0, 0.1) is 13.8 Å². The number of rotatable bonds is 6. The van der Waals surface area contributed by atoms with Crippen LogP contribution < -0.4 is 10.6 Å². The van der Waals surface area contributed by atoms with Crippen molar-refractivity contribution in [1.82, 2.24) is 15.0 Å². The Morgan fingerprint density at radius 2 is 1.71 bits per heavy atom. The molecule has 0 amide bonds. The minimum absolute atomic E-state index is 0.708. The van der Waals surface area contributed by atoms with Gasteiger partial charge in [0, 0.05) is 37.0 Å². The molecule has 0 atom stereocenters. The van der Waals surface area contributed by atoms with E-state index < -0.39 is 0 Å². The Balaban J connectivity index is 2.18. The summed E-state index contributed by atoms with van der Waals surface area (Å²) in [5, 5.41) is 6.68. The molecule has 5 nitrogen and oxygen atoms in total. The van der Waals surface area contributed by atoms with Crippen molar-refractivity contribution in [2.45, 2.75) is 40.7 Å². The van der Waals surface area contributed by atoms with E-state index >= 15 is 0 Å². The van der Waals surface area contributed by atoms with Gasteiger partial charge in [-0.25, -0.2) is 9.97 Å². The van der Waals surface area contributed by atoms with Gasteiger partial charge in [0.15, 0.2) is 0 Å². The molecule has 0 spiro atoms. The fourth-order valence-corrected chi connectivity index (χ4v) is 2.02. The normalized spacial score (nSPS) is 10.5. The largest absolute Gasteiger partial charge is 0.370 e. The lowest BCUT2D eigenvalue weighted by Gasteiger charge is -2.14. The van der Waals surface area contributed by atoms with Crippen LogP contribution >= 0.6 is 0 Å². The predicted molar refractivity (Wildman–Crippen MR) is 86.6 cm³/mol. The molecule has 5 heteroatoms. The Morgan fingerprint density at radius 1 is 1.00 bits per heavy atom. The van der Waals surface area contributed by atoms with Gasteiger partial charge in [-0.1, -0.05) is 13.0 Å². The number of nitrogens with zero attached hydrogens (tertiary/aromatic N) is 3. The van der Waals surface area contributed by atoms with Gasteiger partial charge in [0.1, 0.15) is 17.5 Å². The number of hydrogen-bond donors (Lipinski definition) is 2. The summed E-state index contributed by atoms with van der Waals surface area (Å²) in [7, 11) is 0. The number of hydrogen-bond acceptors (Lipinski definition) is 5. The summed E-state index contributed by atoms with van der Waals surface area (Å²) in [5.41, 5.74) is 3.22. The number of nitrogens with one attached hydrogen (secondary N) is 2. The van der Waals surface area contributed by atoms with Crippen LogP contribution in [0.4, 0.5) is 11.6 Å². The Morgan fingerprint density at radius 3 is 2.29 bits per heavy atom. The minimum atomic E-state index is 0.708. The van der Waals surface area contributed by atoms with Gasteiger partial charge in [0.25, 0.3) is 0 Å². The monoisotopic (exact) mass is 285 g/mol. The van der Waals surface area contributed by atoms with E-state index in [9.17, 15) is 0 Å². The van der Waals surface area contributed by atoms with E-state index in [0.717, 1.165) is 47.2 Å². The summed E-state index contributed by atoms with van der Waals surface area (Å²) in [5.74, 6) is 2.65.